The Bertz CT molecular complexity index is 2270. The Morgan fingerprint density at radius 1 is 0.686 bits per heavy atom. The van der Waals surface area contributed by atoms with Gasteiger partial charge in [-0.25, -0.2) is 29.0 Å². The third-order valence-corrected chi connectivity index (χ3v) is 9.52. The molecule has 0 spiro atoms. The average Bonchev–Trinajstić information content (AvgIpc) is 3.97. The number of imidazole rings is 2. The summed E-state index contributed by atoms with van der Waals surface area (Å²) in [5, 5.41) is 16.0. The third-order valence-electron chi connectivity index (χ3n) is 9.33. The molecule has 14 heteroatoms. The van der Waals surface area contributed by atoms with Gasteiger partial charge in [-0.05, 0) is 82.0 Å². The maximum Gasteiger partial charge on any atom is 0.177 e. The predicted octanol–water partition coefficient (Wildman–Crippen LogP) is 7.43. The molecule has 7 aromatic heterocycles. The van der Waals surface area contributed by atoms with Crippen LogP contribution in [0.25, 0.3) is 22.6 Å². The first-order valence-corrected chi connectivity index (χ1v) is 17.6. The van der Waals surface area contributed by atoms with Crippen molar-refractivity contribution in [1.29, 1.82) is 0 Å². The number of hydrogen-bond donors (Lipinski definition) is 2. The van der Waals surface area contributed by atoms with Crippen molar-refractivity contribution in [2.24, 2.45) is 0 Å². The lowest BCUT2D eigenvalue weighted by Gasteiger charge is -2.23. The zero-order valence-electron chi connectivity index (χ0n) is 28.4. The lowest BCUT2D eigenvalue weighted by Crippen LogP contribution is -2.27. The molecule has 2 unspecified atom stereocenters. The molecule has 2 fully saturated rings. The van der Waals surface area contributed by atoms with Crippen LogP contribution < -0.4 is 20.4 Å². The number of rotatable bonds is 7. The topological polar surface area (TPSA) is 130 Å². The maximum absolute atomic E-state index is 6.07. The van der Waals surface area contributed by atoms with Crippen molar-refractivity contribution in [3.8, 4) is 11.3 Å². The highest BCUT2D eigenvalue weighted by atomic mass is 35.5. The van der Waals surface area contributed by atoms with Crippen molar-refractivity contribution < 1.29 is 0 Å². The van der Waals surface area contributed by atoms with E-state index in [-0.39, 0.29) is 0 Å². The summed E-state index contributed by atoms with van der Waals surface area (Å²) in [7, 11) is 0. The highest BCUT2D eigenvalue weighted by molar-refractivity contribution is 6.29. The van der Waals surface area contributed by atoms with E-state index in [0.717, 1.165) is 70.3 Å². The summed E-state index contributed by atoms with van der Waals surface area (Å²) < 4.78 is 3.42. The van der Waals surface area contributed by atoms with E-state index < -0.39 is 0 Å². The second-order valence-electron chi connectivity index (χ2n) is 12.8. The Hall–Kier alpha value is -5.82. The fourth-order valence-electron chi connectivity index (χ4n) is 6.77. The molecular formula is C37H38ClN13. The van der Waals surface area contributed by atoms with Crippen LogP contribution in [0, 0.1) is 0 Å². The molecule has 0 aromatic carbocycles. The van der Waals surface area contributed by atoms with E-state index in [1.807, 2.05) is 54.9 Å². The molecule has 0 aliphatic carbocycles. The van der Waals surface area contributed by atoms with E-state index >= 15 is 0 Å². The van der Waals surface area contributed by atoms with Gasteiger partial charge in [-0.3, -0.25) is 4.98 Å². The van der Waals surface area contributed by atoms with Gasteiger partial charge >= 0.3 is 0 Å². The molecule has 2 aliphatic rings. The van der Waals surface area contributed by atoms with Gasteiger partial charge in [0.1, 0.15) is 23.3 Å². The van der Waals surface area contributed by atoms with Crippen molar-refractivity contribution >= 4 is 57.5 Å². The van der Waals surface area contributed by atoms with Gasteiger partial charge in [-0.2, -0.15) is 10.2 Å². The molecular weight excluding hydrogens is 662 g/mol. The smallest absolute Gasteiger partial charge is 0.177 e. The summed E-state index contributed by atoms with van der Waals surface area (Å²) in [5.74, 6) is 3.58. The van der Waals surface area contributed by atoms with Gasteiger partial charge in [0.15, 0.2) is 16.4 Å². The number of nitrogens with zero attached hydrogens (tertiary/aromatic N) is 11. The normalized spacial score (nSPS) is 17.2. The molecule has 2 aliphatic heterocycles. The highest BCUT2D eigenvalue weighted by Crippen LogP contribution is 2.29. The van der Waals surface area contributed by atoms with Gasteiger partial charge in [0.05, 0.1) is 17.1 Å². The zero-order chi connectivity index (χ0) is 34.7. The largest absolute Gasteiger partial charge is 0.354 e. The number of anilines is 6. The quantitative estimate of drug-likeness (QED) is 0.172. The highest BCUT2D eigenvalue weighted by Gasteiger charge is 2.23. The molecule has 0 bridgehead atoms. The zero-order valence-corrected chi connectivity index (χ0v) is 29.2. The lowest BCUT2D eigenvalue weighted by atomic mass is 10.2. The monoisotopic (exact) mass is 699 g/mol. The molecule has 258 valence electrons. The molecule has 0 amide bonds. The number of halogens is 1. The molecule has 2 saturated heterocycles. The fraction of sp³-hybridized carbons (Fsp3) is 0.270. The SMILES string of the molecule is CC1CCCN1c1cccc(Nc2cc(-c3cccnc3)nn3ccnc23)n1.CC1CCCN1c1cccc(Nc2cc(Cl)nn3ccnc23)n1. The standard InChI is InChI=1S/C21H21N7.C16H17ClN6/c1-15-5-4-11-27(15)20-8-2-7-19(25-20)24-18-13-17(16-6-3-9-22-14-16)26-28-12-10-23-21(18)28;1-11-4-3-8-22(11)15-6-2-5-14(20-15)19-12-10-13(17)21-23-9-7-18-16(12)23/h2-3,6-10,12-15H,4-5,11H2,1H3,(H,24,25);2,5-7,9-11H,3-4,8H2,1H3,(H,19,20). The van der Waals surface area contributed by atoms with Crippen molar-refractivity contribution in [1.82, 2.24) is 44.1 Å². The van der Waals surface area contributed by atoms with Gasteiger partial charge in [-0.1, -0.05) is 23.7 Å². The Kier molecular flexibility index (Phi) is 9.01. The molecule has 13 nitrogen and oxygen atoms in total. The van der Waals surface area contributed by atoms with Gasteiger partial charge in [0, 0.05) is 74.0 Å². The summed E-state index contributed by atoms with van der Waals surface area (Å²) in [6.45, 7) is 6.61. The van der Waals surface area contributed by atoms with E-state index in [0.29, 0.717) is 17.2 Å². The predicted molar refractivity (Wildman–Crippen MR) is 201 cm³/mol. The van der Waals surface area contributed by atoms with Crippen LogP contribution in [0.1, 0.15) is 39.5 Å². The number of nitrogens with one attached hydrogen (secondary N) is 2. The summed E-state index contributed by atoms with van der Waals surface area (Å²) in [6, 6.07) is 20.8. The number of pyridine rings is 3. The van der Waals surface area contributed by atoms with E-state index in [2.05, 4.69) is 71.6 Å². The number of hydrogen-bond acceptors (Lipinski definition) is 11. The van der Waals surface area contributed by atoms with E-state index in [1.54, 1.807) is 39.9 Å². The van der Waals surface area contributed by atoms with Crippen LogP contribution in [0.4, 0.5) is 34.6 Å². The molecule has 2 N–H and O–H groups in total. The van der Waals surface area contributed by atoms with Crippen LogP contribution in [-0.2, 0) is 0 Å². The molecule has 9 heterocycles. The van der Waals surface area contributed by atoms with E-state index in [4.69, 9.17) is 21.6 Å². The van der Waals surface area contributed by atoms with Crippen LogP contribution in [0.5, 0.6) is 0 Å². The summed E-state index contributed by atoms with van der Waals surface area (Å²) in [4.78, 5) is 27.2. The van der Waals surface area contributed by atoms with Crippen molar-refractivity contribution in [2.75, 3.05) is 33.5 Å². The Balaban J connectivity index is 0.000000150. The molecule has 0 radical (unpaired) electrons. The van der Waals surface area contributed by atoms with E-state index in [9.17, 15) is 0 Å². The second-order valence-corrected chi connectivity index (χ2v) is 13.2. The van der Waals surface area contributed by atoms with Crippen LogP contribution >= 0.6 is 11.6 Å². The first kappa shape index (κ1) is 32.4. The molecule has 7 aromatic rings. The first-order chi connectivity index (χ1) is 25.0. The van der Waals surface area contributed by atoms with Gasteiger partial charge in [-0.15, -0.1) is 0 Å². The van der Waals surface area contributed by atoms with Crippen molar-refractivity contribution in [3.05, 3.63) is 103 Å². The molecule has 0 saturated carbocycles. The van der Waals surface area contributed by atoms with E-state index in [1.165, 1.54) is 25.7 Å². The fourth-order valence-corrected chi connectivity index (χ4v) is 6.96. The second kappa shape index (κ2) is 14.2. The minimum atomic E-state index is 0.405. The molecule has 9 rings (SSSR count). The van der Waals surface area contributed by atoms with Crippen LogP contribution in [-0.4, -0.2) is 69.3 Å². The molecule has 51 heavy (non-hydrogen) atoms. The van der Waals surface area contributed by atoms with Gasteiger partial charge < -0.3 is 20.4 Å². The van der Waals surface area contributed by atoms with Crippen LogP contribution in [0.15, 0.2) is 97.8 Å². The minimum Gasteiger partial charge on any atom is -0.354 e. The Morgan fingerprint density at radius 3 is 1.82 bits per heavy atom. The molecule has 2 atom stereocenters. The lowest BCUT2D eigenvalue weighted by molar-refractivity contribution is 0.727. The maximum atomic E-state index is 6.07. The van der Waals surface area contributed by atoms with Crippen LogP contribution in [0.2, 0.25) is 5.15 Å². The summed E-state index contributed by atoms with van der Waals surface area (Å²) in [6.07, 6.45) is 15.5. The number of fused-ring (bicyclic) bond motifs is 2. The van der Waals surface area contributed by atoms with Crippen LogP contribution in [0.3, 0.4) is 0 Å². The average molecular weight is 700 g/mol. The van der Waals surface area contributed by atoms with Gasteiger partial charge in [0.2, 0.25) is 0 Å². The Morgan fingerprint density at radius 2 is 1.27 bits per heavy atom. The number of aromatic nitrogens is 9. The van der Waals surface area contributed by atoms with Gasteiger partial charge in [0.25, 0.3) is 0 Å². The first-order valence-electron chi connectivity index (χ1n) is 17.2. The van der Waals surface area contributed by atoms with Crippen molar-refractivity contribution in [3.63, 3.8) is 0 Å². The minimum absolute atomic E-state index is 0.405. The summed E-state index contributed by atoms with van der Waals surface area (Å²) >= 11 is 6.07. The van der Waals surface area contributed by atoms with Crippen molar-refractivity contribution in [2.45, 2.75) is 51.6 Å². The summed E-state index contributed by atoms with van der Waals surface area (Å²) in [5.41, 5.74) is 4.90. The third kappa shape index (κ3) is 6.97. The Labute approximate surface area is 300 Å².